The van der Waals surface area contributed by atoms with Gasteiger partial charge in [-0.05, 0) is 16.0 Å². The monoisotopic (exact) mass is 317 g/mol. The predicted molar refractivity (Wildman–Crippen MR) is 66.9 cm³/mol. The number of rotatable bonds is 5. The Balaban J connectivity index is 2.18. The first-order valence-corrected chi connectivity index (χ1v) is 7.23. The molecular formula is C10H11N3O7S. The van der Waals surface area contributed by atoms with Gasteiger partial charge in [0.15, 0.2) is 6.20 Å². The average Bonchev–Trinajstić information content (AvgIpc) is 2.86. The minimum absolute atomic E-state index is 0.0589. The Hall–Kier alpha value is -2.11. The van der Waals surface area contributed by atoms with Gasteiger partial charge in [-0.15, -0.1) is 0 Å². The van der Waals surface area contributed by atoms with Crippen LogP contribution in [0.15, 0.2) is 23.2 Å². The van der Waals surface area contributed by atoms with Crippen LogP contribution in [0.4, 0.5) is 5.82 Å². The topological polar surface area (TPSA) is 149 Å². The van der Waals surface area contributed by atoms with Crippen molar-refractivity contribution in [2.24, 2.45) is 5.92 Å². The molecule has 1 aromatic heterocycles. The lowest BCUT2D eigenvalue weighted by Crippen LogP contribution is -2.42. The van der Waals surface area contributed by atoms with Crippen LogP contribution in [0, 0.1) is 16.0 Å². The van der Waals surface area contributed by atoms with Crippen molar-refractivity contribution in [3.8, 4) is 0 Å². The molecule has 1 aliphatic rings. The molecular weight excluding hydrogens is 306 g/mol. The number of aliphatic carboxylic acids is 1. The molecule has 0 bridgehead atoms. The van der Waals surface area contributed by atoms with E-state index in [4.69, 9.17) is 9.84 Å². The molecule has 2 unspecified atom stereocenters. The molecule has 2 heterocycles. The summed E-state index contributed by atoms with van der Waals surface area (Å²) >= 11 is 0. The SMILES string of the molecule is O=C(O)C1COCC1NS(=O)(=O)c1ccc([N+](=O)[O-])nc1. The molecule has 0 aliphatic carbocycles. The molecule has 1 fully saturated rings. The minimum atomic E-state index is -4.03. The highest BCUT2D eigenvalue weighted by Crippen LogP contribution is 2.18. The molecule has 2 atom stereocenters. The summed E-state index contributed by atoms with van der Waals surface area (Å²) in [5.41, 5.74) is 0. The summed E-state index contributed by atoms with van der Waals surface area (Å²) in [5.74, 6) is -2.63. The zero-order chi connectivity index (χ0) is 15.6. The number of nitro groups is 1. The van der Waals surface area contributed by atoms with E-state index in [0.29, 0.717) is 0 Å². The predicted octanol–water partition coefficient (Wildman–Crippen LogP) is -0.632. The normalized spacial score (nSPS) is 22.1. The molecule has 0 radical (unpaired) electrons. The summed E-state index contributed by atoms with van der Waals surface area (Å²) < 4.78 is 31.3. The van der Waals surface area contributed by atoms with Crippen molar-refractivity contribution in [2.45, 2.75) is 10.9 Å². The fourth-order valence-corrected chi connectivity index (χ4v) is 3.03. The molecule has 21 heavy (non-hydrogen) atoms. The van der Waals surface area contributed by atoms with Crippen molar-refractivity contribution in [3.63, 3.8) is 0 Å². The molecule has 0 amide bonds. The zero-order valence-corrected chi connectivity index (χ0v) is 11.3. The highest BCUT2D eigenvalue weighted by atomic mass is 32.2. The van der Waals surface area contributed by atoms with Crippen LogP contribution in [0.3, 0.4) is 0 Å². The van der Waals surface area contributed by atoms with Crippen LogP contribution in [0.25, 0.3) is 0 Å². The van der Waals surface area contributed by atoms with E-state index in [1.165, 1.54) is 0 Å². The van der Waals surface area contributed by atoms with Crippen LogP contribution in [0.2, 0.25) is 0 Å². The number of hydrogen-bond donors (Lipinski definition) is 2. The van der Waals surface area contributed by atoms with E-state index >= 15 is 0 Å². The number of carbonyl (C=O) groups is 1. The van der Waals surface area contributed by atoms with Crippen LogP contribution in [-0.2, 0) is 19.6 Å². The van der Waals surface area contributed by atoms with Gasteiger partial charge < -0.3 is 20.0 Å². The highest BCUT2D eigenvalue weighted by Gasteiger charge is 2.37. The van der Waals surface area contributed by atoms with Crippen LogP contribution in [-0.4, -0.2) is 48.7 Å². The molecule has 1 aliphatic heterocycles. The van der Waals surface area contributed by atoms with Crippen molar-refractivity contribution >= 4 is 21.8 Å². The molecule has 2 N–H and O–H groups in total. The number of nitrogens with one attached hydrogen (secondary N) is 1. The number of hydrogen-bond acceptors (Lipinski definition) is 7. The Morgan fingerprint density at radius 3 is 2.71 bits per heavy atom. The van der Waals surface area contributed by atoms with Gasteiger partial charge in [-0.3, -0.25) is 4.79 Å². The van der Waals surface area contributed by atoms with Gasteiger partial charge in [0.05, 0.1) is 25.2 Å². The van der Waals surface area contributed by atoms with E-state index in [9.17, 15) is 23.3 Å². The standard InChI is InChI=1S/C10H11N3O7S/c14-10(15)7-4-20-5-8(7)12-21(18,19)6-1-2-9(11-3-6)13(16)17/h1-3,7-8,12H,4-5H2,(H,14,15). The molecule has 10 nitrogen and oxygen atoms in total. The summed E-state index contributed by atoms with van der Waals surface area (Å²) in [5, 5.41) is 19.4. The van der Waals surface area contributed by atoms with Gasteiger partial charge in [-0.1, -0.05) is 0 Å². The fourth-order valence-electron chi connectivity index (χ4n) is 1.82. The lowest BCUT2D eigenvalue weighted by atomic mass is 10.1. The maximum atomic E-state index is 12.1. The van der Waals surface area contributed by atoms with Crippen molar-refractivity contribution in [1.82, 2.24) is 9.71 Å². The second-order valence-corrected chi connectivity index (χ2v) is 6.03. The van der Waals surface area contributed by atoms with Gasteiger partial charge in [-0.2, -0.15) is 0 Å². The van der Waals surface area contributed by atoms with Crippen LogP contribution < -0.4 is 4.72 Å². The van der Waals surface area contributed by atoms with E-state index in [1.807, 2.05) is 0 Å². The lowest BCUT2D eigenvalue weighted by Gasteiger charge is -2.15. The van der Waals surface area contributed by atoms with Crippen LogP contribution in [0.5, 0.6) is 0 Å². The molecule has 0 aromatic carbocycles. The Labute approximate surface area is 119 Å². The first kappa shape index (κ1) is 15.3. The van der Waals surface area contributed by atoms with Crippen molar-refractivity contribution < 1.29 is 28.0 Å². The van der Waals surface area contributed by atoms with Crippen molar-refractivity contribution in [2.75, 3.05) is 13.2 Å². The number of ether oxygens (including phenoxy) is 1. The quantitative estimate of drug-likeness (QED) is 0.538. The van der Waals surface area contributed by atoms with E-state index in [-0.39, 0.29) is 18.1 Å². The van der Waals surface area contributed by atoms with Crippen molar-refractivity contribution in [3.05, 3.63) is 28.4 Å². The second kappa shape index (κ2) is 5.71. The first-order chi connectivity index (χ1) is 9.81. The smallest absolute Gasteiger partial charge is 0.363 e. The number of sulfonamides is 1. The second-order valence-electron chi connectivity index (χ2n) is 4.32. The molecule has 0 spiro atoms. The number of nitrogens with zero attached hydrogens (tertiary/aromatic N) is 2. The van der Waals surface area contributed by atoms with E-state index in [1.54, 1.807) is 0 Å². The Kier molecular flexibility index (Phi) is 4.16. The first-order valence-electron chi connectivity index (χ1n) is 5.74. The van der Waals surface area contributed by atoms with Crippen molar-refractivity contribution in [1.29, 1.82) is 0 Å². The maximum absolute atomic E-state index is 12.1. The van der Waals surface area contributed by atoms with E-state index in [2.05, 4.69) is 9.71 Å². The summed E-state index contributed by atoms with van der Waals surface area (Å²) in [6.07, 6.45) is 0.839. The van der Waals surface area contributed by atoms with Gasteiger partial charge in [0.2, 0.25) is 10.0 Å². The van der Waals surface area contributed by atoms with E-state index in [0.717, 1.165) is 18.3 Å². The van der Waals surface area contributed by atoms with Gasteiger partial charge in [0.25, 0.3) is 0 Å². The molecule has 1 aromatic rings. The molecule has 2 rings (SSSR count). The number of pyridine rings is 1. The molecule has 11 heteroatoms. The van der Waals surface area contributed by atoms with Crippen LogP contribution >= 0.6 is 0 Å². The largest absolute Gasteiger partial charge is 0.481 e. The Morgan fingerprint density at radius 2 is 2.19 bits per heavy atom. The van der Waals surface area contributed by atoms with Crippen LogP contribution in [0.1, 0.15) is 0 Å². The average molecular weight is 317 g/mol. The number of aromatic nitrogens is 1. The summed E-state index contributed by atoms with van der Waals surface area (Å²) in [4.78, 5) is 23.8. The third-order valence-electron chi connectivity index (χ3n) is 2.92. The number of carboxylic acids is 1. The summed E-state index contributed by atoms with van der Waals surface area (Å²) in [6.45, 7) is -0.141. The van der Waals surface area contributed by atoms with E-state index < -0.39 is 38.7 Å². The van der Waals surface area contributed by atoms with Gasteiger partial charge >= 0.3 is 11.8 Å². The molecule has 114 valence electrons. The fraction of sp³-hybridized carbons (Fsp3) is 0.400. The Bertz CT molecular complexity index is 658. The maximum Gasteiger partial charge on any atom is 0.363 e. The number of carboxylic acid groups (broad SMARTS) is 1. The third kappa shape index (κ3) is 3.32. The highest BCUT2D eigenvalue weighted by molar-refractivity contribution is 7.89. The summed E-state index contributed by atoms with van der Waals surface area (Å²) in [6, 6.07) is 1.08. The van der Waals surface area contributed by atoms with Gasteiger partial charge in [-0.25, -0.2) is 13.1 Å². The lowest BCUT2D eigenvalue weighted by molar-refractivity contribution is -0.389. The third-order valence-corrected chi connectivity index (χ3v) is 4.40. The Morgan fingerprint density at radius 1 is 1.48 bits per heavy atom. The summed E-state index contributed by atoms with van der Waals surface area (Å²) in [7, 11) is -4.03. The molecule has 0 saturated carbocycles. The van der Waals surface area contributed by atoms with Gasteiger partial charge in [0, 0.05) is 6.07 Å². The molecule has 1 saturated heterocycles. The minimum Gasteiger partial charge on any atom is -0.481 e. The van der Waals surface area contributed by atoms with Gasteiger partial charge in [0.1, 0.15) is 4.90 Å². The zero-order valence-electron chi connectivity index (χ0n) is 10.5.